The lowest BCUT2D eigenvalue weighted by molar-refractivity contribution is -0.143. The van der Waals surface area contributed by atoms with Crippen molar-refractivity contribution >= 4 is 29.6 Å². The summed E-state index contributed by atoms with van der Waals surface area (Å²) in [6.45, 7) is 1.69. The standard InChI is InChI=1S/C17H31N5O8/c1-3-8(2)13(22-14(26)9(18)4-5-12(19)25)16(28)20-10(6-23)15(27)21-11(7-24)17(29)30/h8-11,13,23-24H,3-7,18H2,1-2H3,(H2,19,25)(H,20,28)(H,21,27)(H,22,26)(H,29,30). The number of nitrogens with one attached hydrogen (secondary N) is 3. The maximum Gasteiger partial charge on any atom is 0.328 e. The molecule has 0 aliphatic heterocycles. The third-order valence-corrected chi connectivity index (χ3v) is 4.44. The molecule has 10 N–H and O–H groups in total. The number of rotatable bonds is 14. The fourth-order valence-corrected chi connectivity index (χ4v) is 2.30. The Labute approximate surface area is 173 Å². The molecule has 0 saturated carbocycles. The Kier molecular flexibility index (Phi) is 12.2. The van der Waals surface area contributed by atoms with Crippen LogP contribution >= 0.6 is 0 Å². The highest BCUT2D eigenvalue weighted by atomic mass is 16.4. The van der Waals surface area contributed by atoms with Crippen LogP contribution in [0.5, 0.6) is 0 Å². The van der Waals surface area contributed by atoms with Crippen molar-refractivity contribution in [3.05, 3.63) is 0 Å². The average molecular weight is 433 g/mol. The minimum atomic E-state index is -1.61. The van der Waals surface area contributed by atoms with E-state index in [9.17, 15) is 29.1 Å². The fourth-order valence-electron chi connectivity index (χ4n) is 2.30. The third-order valence-electron chi connectivity index (χ3n) is 4.44. The Morgan fingerprint density at radius 3 is 1.87 bits per heavy atom. The van der Waals surface area contributed by atoms with E-state index in [0.29, 0.717) is 6.42 Å². The lowest BCUT2D eigenvalue weighted by Gasteiger charge is -2.27. The van der Waals surface area contributed by atoms with E-state index >= 15 is 0 Å². The maximum absolute atomic E-state index is 12.6. The largest absolute Gasteiger partial charge is 0.480 e. The van der Waals surface area contributed by atoms with Crippen LogP contribution in [-0.2, 0) is 24.0 Å². The quantitative estimate of drug-likeness (QED) is 0.134. The predicted molar refractivity (Wildman–Crippen MR) is 103 cm³/mol. The maximum atomic E-state index is 12.6. The van der Waals surface area contributed by atoms with Gasteiger partial charge < -0.3 is 42.7 Å². The second-order valence-corrected chi connectivity index (χ2v) is 6.81. The van der Waals surface area contributed by atoms with E-state index in [1.807, 2.05) is 5.32 Å². The van der Waals surface area contributed by atoms with Crippen LogP contribution in [0, 0.1) is 5.92 Å². The van der Waals surface area contributed by atoms with Gasteiger partial charge in [0.1, 0.15) is 18.1 Å². The van der Waals surface area contributed by atoms with Gasteiger partial charge in [0.2, 0.25) is 23.6 Å². The Balaban J connectivity index is 5.19. The van der Waals surface area contributed by atoms with Gasteiger partial charge in [-0.15, -0.1) is 0 Å². The Morgan fingerprint density at radius 2 is 1.43 bits per heavy atom. The van der Waals surface area contributed by atoms with Gasteiger partial charge in [0.15, 0.2) is 0 Å². The first-order valence-corrected chi connectivity index (χ1v) is 9.37. The van der Waals surface area contributed by atoms with Gasteiger partial charge in [-0.25, -0.2) is 4.79 Å². The Hall–Kier alpha value is -2.77. The number of amides is 4. The number of hydrogen-bond acceptors (Lipinski definition) is 8. The number of carboxylic acids is 1. The van der Waals surface area contributed by atoms with E-state index in [-0.39, 0.29) is 18.8 Å². The minimum absolute atomic E-state index is 0.0184. The van der Waals surface area contributed by atoms with Crippen LogP contribution < -0.4 is 27.4 Å². The minimum Gasteiger partial charge on any atom is -0.480 e. The van der Waals surface area contributed by atoms with Crippen molar-refractivity contribution in [2.75, 3.05) is 13.2 Å². The molecule has 0 aromatic rings. The van der Waals surface area contributed by atoms with Gasteiger partial charge in [-0.2, -0.15) is 0 Å². The summed E-state index contributed by atoms with van der Waals surface area (Å²) in [5, 5.41) is 33.9. The summed E-state index contributed by atoms with van der Waals surface area (Å²) in [5.74, 6) is -5.04. The molecule has 5 atom stereocenters. The Morgan fingerprint density at radius 1 is 0.900 bits per heavy atom. The lowest BCUT2D eigenvalue weighted by Crippen LogP contribution is -2.59. The molecule has 0 saturated heterocycles. The summed E-state index contributed by atoms with van der Waals surface area (Å²) in [6, 6.07) is -5.33. The molecule has 0 aliphatic rings. The fraction of sp³-hybridized carbons (Fsp3) is 0.706. The van der Waals surface area contributed by atoms with Gasteiger partial charge in [0, 0.05) is 6.42 Å². The molecule has 0 radical (unpaired) electrons. The number of aliphatic carboxylic acids is 1. The second-order valence-electron chi connectivity index (χ2n) is 6.81. The number of aliphatic hydroxyl groups excluding tert-OH is 2. The van der Waals surface area contributed by atoms with Crippen molar-refractivity contribution in [3.63, 3.8) is 0 Å². The van der Waals surface area contributed by atoms with Crippen LogP contribution in [0.4, 0.5) is 0 Å². The Bertz CT molecular complexity index is 629. The van der Waals surface area contributed by atoms with Crippen molar-refractivity contribution < 1.29 is 39.3 Å². The van der Waals surface area contributed by atoms with E-state index < -0.39 is 67.0 Å². The summed E-state index contributed by atoms with van der Waals surface area (Å²) in [4.78, 5) is 58.7. The van der Waals surface area contributed by atoms with Crippen LogP contribution in [0.3, 0.4) is 0 Å². The highest BCUT2D eigenvalue weighted by Crippen LogP contribution is 2.09. The van der Waals surface area contributed by atoms with Crippen molar-refractivity contribution in [3.8, 4) is 0 Å². The van der Waals surface area contributed by atoms with Crippen LogP contribution in [-0.4, -0.2) is 82.3 Å². The topological polar surface area (TPSA) is 234 Å². The van der Waals surface area contributed by atoms with E-state index in [0.717, 1.165) is 0 Å². The molecule has 30 heavy (non-hydrogen) atoms. The van der Waals surface area contributed by atoms with Crippen molar-refractivity contribution in [2.45, 2.75) is 57.3 Å². The molecule has 0 fully saturated rings. The van der Waals surface area contributed by atoms with Gasteiger partial charge in [0.05, 0.1) is 19.3 Å². The second kappa shape index (κ2) is 13.5. The van der Waals surface area contributed by atoms with E-state index in [2.05, 4.69) is 10.6 Å². The van der Waals surface area contributed by atoms with Crippen molar-refractivity contribution in [1.82, 2.24) is 16.0 Å². The molecule has 0 spiro atoms. The zero-order valence-electron chi connectivity index (χ0n) is 17.0. The van der Waals surface area contributed by atoms with Gasteiger partial charge in [-0.1, -0.05) is 20.3 Å². The molecular formula is C17H31N5O8. The molecule has 0 aromatic heterocycles. The average Bonchev–Trinajstić information content (AvgIpc) is 2.70. The van der Waals surface area contributed by atoms with Crippen LogP contribution in [0.1, 0.15) is 33.1 Å². The van der Waals surface area contributed by atoms with Gasteiger partial charge >= 0.3 is 5.97 Å². The molecule has 0 bridgehead atoms. The number of carbonyl (C=O) groups is 5. The SMILES string of the molecule is CCC(C)C(NC(=O)C(N)CCC(N)=O)C(=O)NC(CO)C(=O)NC(CO)C(=O)O. The third kappa shape index (κ3) is 9.15. The first kappa shape index (κ1) is 27.2. The summed E-state index contributed by atoms with van der Waals surface area (Å²) in [7, 11) is 0. The smallest absolute Gasteiger partial charge is 0.328 e. The monoisotopic (exact) mass is 433 g/mol. The van der Waals surface area contributed by atoms with E-state index in [1.165, 1.54) is 0 Å². The highest BCUT2D eigenvalue weighted by molar-refractivity contribution is 5.94. The van der Waals surface area contributed by atoms with Crippen molar-refractivity contribution in [2.24, 2.45) is 17.4 Å². The predicted octanol–water partition coefficient (Wildman–Crippen LogP) is -3.85. The molecule has 4 amide bonds. The summed E-state index contributed by atoms with van der Waals surface area (Å²) >= 11 is 0. The van der Waals surface area contributed by atoms with Gasteiger partial charge in [-0.05, 0) is 12.3 Å². The number of primary amides is 1. The molecule has 0 aliphatic carbocycles. The first-order valence-electron chi connectivity index (χ1n) is 9.37. The zero-order chi connectivity index (χ0) is 23.4. The van der Waals surface area contributed by atoms with Crippen LogP contribution in [0.15, 0.2) is 0 Å². The molecule has 13 nitrogen and oxygen atoms in total. The zero-order valence-corrected chi connectivity index (χ0v) is 17.0. The normalized spacial score (nSPS) is 15.8. The number of carboxylic acid groups (broad SMARTS) is 1. The van der Waals surface area contributed by atoms with Crippen molar-refractivity contribution in [1.29, 1.82) is 0 Å². The molecule has 0 aromatic carbocycles. The number of hydrogen-bond donors (Lipinski definition) is 8. The summed E-state index contributed by atoms with van der Waals surface area (Å²) in [5.41, 5.74) is 10.7. The first-order chi connectivity index (χ1) is 14.0. The highest BCUT2D eigenvalue weighted by Gasteiger charge is 2.32. The molecule has 0 rings (SSSR count). The van der Waals surface area contributed by atoms with Crippen LogP contribution in [0.2, 0.25) is 0 Å². The number of nitrogens with two attached hydrogens (primary N) is 2. The van der Waals surface area contributed by atoms with Crippen LogP contribution in [0.25, 0.3) is 0 Å². The van der Waals surface area contributed by atoms with E-state index in [4.69, 9.17) is 21.7 Å². The van der Waals surface area contributed by atoms with E-state index in [1.54, 1.807) is 13.8 Å². The molecule has 172 valence electrons. The molecule has 0 heterocycles. The summed E-state index contributed by atoms with van der Waals surface area (Å²) in [6.07, 6.45) is 0.336. The van der Waals surface area contributed by atoms with Gasteiger partial charge in [-0.3, -0.25) is 19.2 Å². The van der Waals surface area contributed by atoms with Gasteiger partial charge in [0.25, 0.3) is 0 Å². The molecule has 13 heteroatoms. The lowest BCUT2D eigenvalue weighted by atomic mass is 9.97. The molecular weight excluding hydrogens is 402 g/mol. The molecule has 5 unspecified atom stereocenters. The number of carbonyl (C=O) groups excluding carboxylic acids is 4. The number of aliphatic hydroxyl groups is 2. The summed E-state index contributed by atoms with van der Waals surface area (Å²) < 4.78 is 0.